The van der Waals surface area contributed by atoms with Crippen LogP contribution in [0.4, 0.5) is 18.9 Å². The van der Waals surface area contributed by atoms with Crippen molar-refractivity contribution in [1.29, 1.82) is 0 Å². The van der Waals surface area contributed by atoms with E-state index in [1.54, 1.807) is 24.4 Å². The van der Waals surface area contributed by atoms with Crippen molar-refractivity contribution < 1.29 is 27.4 Å². The Morgan fingerprint density at radius 1 is 1.11 bits per heavy atom. The van der Waals surface area contributed by atoms with E-state index in [1.807, 2.05) is 18.2 Å². The van der Waals surface area contributed by atoms with Crippen LogP contribution in [0.1, 0.15) is 23.2 Å². The first-order valence-electron chi connectivity index (χ1n) is 10.9. The van der Waals surface area contributed by atoms with E-state index < -0.39 is 17.6 Å². The number of carbonyl (C=O) groups is 1. The number of amides is 1. The minimum Gasteiger partial charge on any atom is -0.496 e. The molecule has 35 heavy (non-hydrogen) atoms. The molecule has 2 aromatic carbocycles. The molecule has 1 aliphatic heterocycles. The number of amidine groups is 1. The van der Waals surface area contributed by atoms with Crippen molar-refractivity contribution in [2.45, 2.75) is 19.0 Å². The highest BCUT2D eigenvalue weighted by molar-refractivity contribution is 5.98. The number of carbonyl (C=O) groups excluding carboxylic acids is 1. The predicted octanol–water partition coefficient (Wildman–Crippen LogP) is 4.82. The number of anilines is 1. The van der Waals surface area contributed by atoms with Crippen LogP contribution in [0.5, 0.6) is 17.2 Å². The second kappa shape index (κ2) is 10.5. The van der Waals surface area contributed by atoms with Crippen molar-refractivity contribution >= 4 is 17.4 Å². The Kier molecular flexibility index (Phi) is 7.19. The van der Waals surface area contributed by atoms with Gasteiger partial charge in [0.15, 0.2) is 0 Å². The van der Waals surface area contributed by atoms with Crippen molar-refractivity contribution in [3.63, 3.8) is 0 Å². The fourth-order valence-electron chi connectivity index (χ4n) is 3.56. The smallest absolute Gasteiger partial charge is 0.420 e. The van der Waals surface area contributed by atoms with E-state index in [1.165, 1.54) is 12.1 Å². The van der Waals surface area contributed by atoms with Gasteiger partial charge in [0.25, 0.3) is 0 Å². The number of hydrogen-bond acceptors (Lipinski definition) is 6. The zero-order valence-electron chi connectivity index (χ0n) is 18.9. The van der Waals surface area contributed by atoms with E-state index in [9.17, 15) is 18.0 Å². The fraction of sp³-hybridized carbons (Fsp3) is 0.240. The molecule has 1 aromatic heterocycles. The molecule has 2 N–H and O–H groups in total. The first kappa shape index (κ1) is 24.1. The lowest BCUT2D eigenvalue weighted by molar-refractivity contribution is -0.138. The quantitative estimate of drug-likeness (QED) is 0.479. The number of benzene rings is 2. The lowest BCUT2D eigenvalue weighted by Gasteiger charge is -2.14. The number of nitrogens with one attached hydrogen (secondary N) is 2. The number of aromatic nitrogens is 1. The summed E-state index contributed by atoms with van der Waals surface area (Å²) < 4.78 is 50.3. The summed E-state index contributed by atoms with van der Waals surface area (Å²) in [7, 11) is 1.16. The summed E-state index contributed by atoms with van der Waals surface area (Å²) in [4.78, 5) is 21.0. The van der Waals surface area contributed by atoms with Crippen LogP contribution in [0, 0.1) is 0 Å². The fourth-order valence-corrected chi connectivity index (χ4v) is 3.56. The molecule has 1 amide bonds. The maximum absolute atomic E-state index is 13.2. The Morgan fingerprint density at radius 2 is 1.94 bits per heavy atom. The third kappa shape index (κ3) is 6.28. The monoisotopic (exact) mass is 484 g/mol. The number of aliphatic imine (C=N–C) groups is 1. The van der Waals surface area contributed by atoms with Gasteiger partial charge in [0, 0.05) is 30.9 Å². The molecule has 0 saturated carbocycles. The minimum atomic E-state index is -4.59. The third-order valence-electron chi connectivity index (χ3n) is 5.21. The second-order valence-corrected chi connectivity index (χ2v) is 7.74. The number of aryl methyl sites for hydroxylation is 1. The van der Waals surface area contributed by atoms with Gasteiger partial charge >= 0.3 is 6.18 Å². The Balaban J connectivity index is 1.36. The molecule has 0 unspecified atom stereocenters. The van der Waals surface area contributed by atoms with E-state index in [-0.39, 0.29) is 17.9 Å². The summed E-state index contributed by atoms with van der Waals surface area (Å²) in [6, 6.07) is 14.2. The molecule has 10 heteroatoms. The number of methoxy groups -OCH3 is 1. The molecule has 0 spiro atoms. The van der Waals surface area contributed by atoms with Gasteiger partial charge in [0.05, 0.1) is 19.2 Å². The topological polar surface area (TPSA) is 84.8 Å². The van der Waals surface area contributed by atoms with Gasteiger partial charge in [-0.15, -0.1) is 0 Å². The maximum atomic E-state index is 13.2. The van der Waals surface area contributed by atoms with E-state index >= 15 is 0 Å². The molecule has 0 bridgehead atoms. The molecular formula is C25H23F3N4O3. The van der Waals surface area contributed by atoms with Crippen molar-refractivity contribution in [1.82, 2.24) is 10.3 Å². The van der Waals surface area contributed by atoms with Gasteiger partial charge in [-0.25, -0.2) is 0 Å². The Hall–Kier alpha value is -4.08. The van der Waals surface area contributed by atoms with Crippen LogP contribution in [0.15, 0.2) is 65.8 Å². The van der Waals surface area contributed by atoms with Gasteiger partial charge in [-0.05, 0) is 48.4 Å². The average molecular weight is 484 g/mol. The molecule has 2 heterocycles. The van der Waals surface area contributed by atoms with Crippen LogP contribution in [-0.2, 0) is 17.4 Å². The zero-order chi connectivity index (χ0) is 24.8. The zero-order valence-corrected chi connectivity index (χ0v) is 18.9. The van der Waals surface area contributed by atoms with Gasteiger partial charge in [-0.1, -0.05) is 12.1 Å². The van der Waals surface area contributed by atoms with Crippen LogP contribution in [0.3, 0.4) is 0 Å². The van der Waals surface area contributed by atoms with E-state index in [0.29, 0.717) is 30.2 Å². The lowest BCUT2D eigenvalue weighted by Crippen LogP contribution is -2.20. The van der Waals surface area contributed by atoms with Crippen LogP contribution >= 0.6 is 0 Å². The van der Waals surface area contributed by atoms with Crippen molar-refractivity contribution in [2.24, 2.45) is 4.99 Å². The van der Waals surface area contributed by atoms with E-state index in [0.717, 1.165) is 31.1 Å². The Morgan fingerprint density at radius 3 is 2.69 bits per heavy atom. The van der Waals surface area contributed by atoms with Gasteiger partial charge in [-0.2, -0.15) is 13.2 Å². The first-order valence-corrected chi connectivity index (χ1v) is 10.9. The van der Waals surface area contributed by atoms with Crippen molar-refractivity contribution in [3.8, 4) is 17.2 Å². The largest absolute Gasteiger partial charge is 0.496 e. The summed E-state index contributed by atoms with van der Waals surface area (Å²) in [5, 5.41) is 5.68. The Bertz CT molecular complexity index is 1240. The number of alkyl halides is 3. The number of hydrogen-bond donors (Lipinski definition) is 2. The molecule has 4 rings (SSSR count). The third-order valence-corrected chi connectivity index (χ3v) is 5.21. The normalized spacial score (nSPS) is 13.1. The van der Waals surface area contributed by atoms with Crippen molar-refractivity contribution in [3.05, 3.63) is 77.6 Å². The molecule has 0 fully saturated rings. The average Bonchev–Trinajstić information content (AvgIpc) is 3.38. The molecule has 0 radical (unpaired) electrons. The summed E-state index contributed by atoms with van der Waals surface area (Å²) >= 11 is 0. The predicted molar refractivity (Wildman–Crippen MR) is 125 cm³/mol. The lowest BCUT2D eigenvalue weighted by atomic mass is 10.1. The highest BCUT2D eigenvalue weighted by Gasteiger charge is 2.34. The second-order valence-electron chi connectivity index (χ2n) is 7.74. The molecular weight excluding hydrogens is 461 g/mol. The number of halogens is 3. The molecule has 0 atom stereocenters. The van der Waals surface area contributed by atoms with Crippen LogP contribution in [0.25, 0.3) is 0 Å². The number of nitrogens with zero attached hydrogens (tertiary/aromatic N) is 2. The summed E-state index contributed by atoms with van der Waals surface area (Å²) in [5.41, 5.74) is 0.646. The van der Waals surface area contributed by atoms with Crippen molar-refractivity contribution in [2.75, 3.05) is 25.5 Å². The molecule has 0 aliphatic carbocycles. The minimum absolute atomic E-state index is 0.0510. The number of ether oxygens (including phenoxy) is 2. The number of pyridine rings is 1. The van der Waals surface area contributed by atoms with Gasteiger partial charge in [-0.3, -0.25) is 14.8 Å². The van der Waals surface area contributed by atoms with Gasteiger partial charge < -0.3 is 20.1 Å². The highest BCUT2D eigenvalue weighted by Crippen LogP contribution is 2.37. The first-order chi connectivity index (χ1) is 16.8. The van der Waals surface area contributed by atoms with Gasteiger partial charge in [0.2, 0.25) is 5.91 Å². The van der Waals surface area contributed by atoms with Crippen LogP contribution in [0.2, 0.25) is 0 Å². The molecule has 1 aliphatic rings. The summed E-state index contributed by atoms with van der Waals surface area (Å²) in [6.07, 6.45) is -2.48. The van der Waals surface area contributed by atoms with E-state index in [2.05, 4.69) is 20.6 Å². The standard InChI is InChI=1S/C25H23F3N4O3/c1-34-22-7-6-17(14-20(22)25(26,27)28)32-23(33)8-5-16-3-2-4-18(13-16)35-19-9-10-29-21(15-19)24-30-11-12-31-24/h2-4,6-7,9-10,13-15H,5,8,11-12H2,1H3,(H,30,31)(H,32,33). The van der Waals surface area contributed by atoms with E-state index in [4.69, 9.17) is 9.47 Å². The van der Waals surface area contributed by atoms with Crippen LogP contribution in [-0.4, -0.2) is 36.9 Å². The summed E-state index contributed by atoms with van der Waals surface area (Å²) in [5.74, 6) is 1.21. The maximum Gasteiger partial charge on any atom is 0.420 e. The molecule has 7 nitrogen and oxygen atoms in total. The summed E-state index contributed by atoms with van der Waals surface area (Å²) in [6.45, 7) is 1.49. The van der Waals surface area contributed by atoms with Gasteiger partial charge in [0.1, 0.15) is 28.8 Å². The molecule has 182 valence electrons. The number of rotatable bonds is 8. The Labute approximate surface area is 200 Å². The van der Waals surface area contributed by atoms with Crippen LogP contribution < -0.4 is 20.1 Å². The highest BCUT2D eigenvalue weighted by atomic mass is 19.4. The molecule has 3 aromatic rings. The molecule has 0 saturated heterocycles. The SMILES string of the molecule is COc1ccc(NC(=O)CCc2cccc(Oc3ccnc(C4=NCCN4)c3)c2)cc1C(F)(F)F.